The van der Waals surface area contributed by atoms with E-state index in [1.807, 2.05) is 0 Å². The van der Waals surface area contributed by atoms with Gasteiger partial charge in [0.25, 0.3) is 0 Å². The largest absolute Gasteiger partial charge is 0.508 e. The number of benzene rings is 1. The third-order valence-electron chi connectivity index (χ3n) is 2.61. The summed E-state index contributed by atoms with van der Waals surface area (Å²) in [4.78, 5) is 12.7. The van der Waals surface area contributed by atoms with E-state index in [4.69, 9.17) is 0 Å². The van der Waals surface area contributed by atoms with Crippen molar-refractivity contribution in [3.05, 3.63) is 23.8 Å². The number of phenols is 1. The summed E-state index contributed by atoms with van der Waals surface area (Å²) in [6.07, 6.45) is -3.58. The number of anilines is 1. The van der Waals surface area contributed by atoms with Crippen LogP contribution in [0.15, 0.2) is 18.2 Å². The van der Waals surface area contributed by atoms with Crippen molar-refractivity contribution in [2.45, 2.75) is 19.0 Å². The van der Waals surface area contributed by atoms with Crippen LogP contribution in [0.3, 0.4) is 0 Å². The number of halogens is 3. The van der Waals surface area contributed by atoms with Crippen molar-refractivity contribution < 1.29 is 23.1 Å². The molecule has 17 heavy (non-hydrogen) atoms. The lowest BCUT2D eigenvalue weighted by molar-refractivity contribution is -0.137. The highest BCUT2D eigenvalue weighted by molar-refractivity contribution is 5.95. The van der Waals surface area contributed by atoms with Gasteiger partial charge in [-0.1, -0.05) is 0 Å². The average Bonchev–Trinajstić information content (AvgIpc) is 2.62. The van der Waals surface area contributed by atoms with Crippen LogP contribution in [0.2, 0.25) is 0 Å². The number of rotatable bonds is 1. The van der Waals surface area contributed by atoms with Gasteiger partial charge >= 0.3 is 6.18 Å². The first-order valence-corrected chi connectivity index (χ1v) is 5.09. The van der Waals surface area contributed by atoms with Gasteiger partial charge in [-0.3, -0.25) is 4.79 Å². The molecule has 0 aromatic heterocycles. The summed E-state index contributed by atoms with van der Waals surface area (Å²) in [5.74, 6) is -0.710. The van der Waals surface area contributed by atoms with E-state index in [-0.39, 0.29) is 11.6 Å². The minimum absolute atomic E-state index is 0.0971. The van der Waals surface area contributed by atoms with Gasteiger partial charge in [-0.25, -0.2) is 0 Å². The highest BCUT2D eigenvalue weighted by Crippen LogP contribution is 2.35. The molecule has 0 radical (unpaired) electrons. The number of nitrogens with zero attached hydrogens (tertiary/aromatic N) is 1. The molecular weight excluding hydrogens is 235 g/mol. The van der Waals surface area contributed by atoms with Crippen LogP contribution in [0.25, 0.3) is 0 Å². The van der Waals surface area contributed by atoms with Crippen LogP contribution >= 0.6 is 0 Å². The van der Waals surface area contributed by atoms with Crippen LogP contribution in [0.1, 0.15) is 18.4 Å². The topological polar surface area (TPSA) is 40.5 Å². The first kappa shape index (κ1) is 11.8. The Kier molecular flexibility index (Phi) is 2.73. The Labute approximate surface area is 95.5 Å². The van der Waals surface area contributed by atoms with Crippen LogP contribution in [-0.2, 0) is 11.0 Å². The number of phenolic OH excluding ortho intramolecular Hbond substituents is 1. The van der Waals surface area contributed by atoms with Crippen LogP contribution in [0, 0.1) is 0 Å². The Morgan fingerprint density at radius 2 is 1.94 bits per heavy atom. The SMILES string of the molecule is O=C1CCCN1c1cc(O)cc(C(F)(F)F)c1. The predicted octanol–water partition coefficient (Wildman–Crippen LogP) is 2.54. The van der Waals surface area contributed by atoms with Crippen molar-refractivity contribution in [1.82, 2.24) is 0 Å². The molecule has 0 unspecified atom stereocenters. The highest BCUT2D eigenvalue weighted by atomic mass is 19.4. The molecule has 6 heteroatoms. The van der Waals surface area contributed by atoms with Gasteiger partial charge < -0.3 is 10.0 Å². The van der Waals surface area contributed by atoms with Crippen molar-refractivity contribution in [2.24, 2.45) is 0 Å². The van der Waals surface area contributed by atoms with E-state index in [1.54, 1.807) is 0 Å². The zero-order valence-electron chi connectivity index (χ0n) is 8.79. The number of amides is 1. The van der Waals surface area contributed by atoms with Crippen molar-refractivity contribution in [3.63, 3.8) is 0 Å². The number of carbonyl (C=O) groups is 1. The summed E-state index contributed by atoms with van der Waals surface area (Å²) in [6, 6.07) is 2.69. The minimum atomic E-state index is -4.53. The average molecular weight is 245 g/mol. The fourth-order valence-electron chi connectivity index (χ4n) is 1.84. The number of alkyl halides is 3. The van der Waals surface area contributed by atoms with Crippen molar-refractivity contribution in [1.29, 1.82) is 0 Å². The number of carbonyl (C=O) groups excluding carboxylic acids is 1. The van der Waals surface area contributed by atoms with Gasteiger partial charge in [0.2, 0.25) is 5.91 Å². The smallest absolute Gasteiger partial charge is 0.416 e. The minimum Gasteiger partial charge on any atom is -0.508 e. The maximum atomic E-state index is 12.5. The molecule has 1 aliphatic rings. The molecule has 1 fully saturated rings. The van der Waals surface area contributed by atoms with Gasteiger partial charge in [-0.2, -0.15) is 13.2 Å². The highest BCUT2D eigenvalue weighted by Gasteiger charge is 2.32. The lowest BCUT2D eigenvalue weighted by Gasteiger charge is -2.18. The van der Waals surface area contributed by atoms with Gasteiger partial charge in [-0.05, 0) is 18.6 Å². The van der Waals surface area contributed by atoms with Crippen LogP contribution in [0.4, 0.5) is 18.9 Å². The molecule has 0 saturated carbocycles. The van der Waals surface area contributed by atoms with E-state index in [0.717, 1.165) is 6.07 Å². The Hall–Kier alpha value is -1.72. The third-order valence-corrected chi connectivity index (χ3v) is 2.61. The fraction of sp³-hybridized carbons (Fsp3) is 0.364. The van der Waals surface area contributed by atoms with E-state index < -0.39 is 17.5 Å². The van der Waals surface area contributed by atoms with E-state index in [0.29, 0.717) is 25.5 Å². The second kappa shape index (κ2) is 3.94. The normalized spacial score (nSPS) is 16.6. The summed E-state index contributed by atoms with van der Waals surface area (Å²) >= 11 is 0. The van der Waals surface area contributed by atoms with Crippen molar-refractivity contribution in [2.75, 3.05) is 11.4 Å². The summed E-state index contributed by atoms with van der Waals surface area (Å²) < 4.78 is 37.6. The van der Waals surface area contributed by atoms with Crippen LogP contribution in [-0.4, -0.2) is 17.6 Å². The lowest BCUT2D eigenvalue weighted by Crippen LogP contribution is -2.24. The van der Waals surface area contributed by atoms with E-state index in [9.17, 15) is 23.1 Å². The molecule has 0 bridgehead atoms. The van der Waals surface area contributed by atoms with Crippen molar-refractivity contribution in [3.8, 4) is 5.75 Å². The van der Waals surface area contributed by atoms with E-state index >= 15 is 0 Å². The quantitative estimate of drug-likeness (QED) is 0.825. The fourth-order valence-corrected chi connectivity index (χ4v) is 1.84. The molecule has 1 amide bonds. The second-order valence-corrected chi connectivity index (χ2v) is 3.88. The Morgan fingerprint density at radius 1 is 1.24 bits per heavy atom. The standard InChI is InChI=1S/C11H10F3NO2/c12-11(13,14)7-4-8(6-9(16)5-7)15-3-1-2-10(15)17/h4-6,16H,1-3H2. The molecule has 1 aromatic rings. The molecule has 0 aliphatic carbocycles. The monoisotopic (exact) mass is 245 g/mol. The van der Waals surface area contributed by atoms with Gasteiger partial charge in [0.05, 0.1) is 5.56 Å². The second-order valence-electron chi connectivity index (χ2n) is 3.88. The van der Waals surface area contributed by atoms with Crippen LogP contribution < -0.4 is 4.90 Å². The lowest BCUT2D eigenvalue weighted by atomic mass is 10.1. The Balaban J connectivity index is 2.41. The molecule has 0 atom stereocenters. The number of hydrogen-bond donors (Lipinski definition) is 1. The van der Waals surface area contributed by atoms with Gasteiger partial charge in [0.15, 0.2) is 0 Å². The van der Waals surface area contributed by atoms with Gasteiger partial charge in [-0.15, -0.1) is 0 Å². The maximum absolute atomic E-state index is 12.5. The zero-order valence-corrected chi connectivity index (χ0v) is 8.79. The number of hydrogen-bond acceptors (Lipinski definition) is 2. The molecule has 1 aliphatic heterocycles. The summed E-state index contributed by atoms with van der Waals surface area (Å²) in [6.45, 7) is 0.388. The van der Waals surface area contributed by atoms with E-state index in [2.05, 4.69) is 0 Å². The molecule has 1 saturated heterocycles. The van der Waals surface area contributed by atoms with Crippen molar-refractivity contribution >= 4 is 11.6 Å². The molecule has 92 valence electrons. The molecular formula is C11H10F3NO2. The third kappa shape index (κ3) is 2.35. The van der Waals surface area contributed by atoms with Gasteiger partial charge in [0, 0.05) is 24.7 Å². The zero-order chi connectivity index (χ0) is 12.6. The Morgan fingerprint density at radius 3 is 2.47 bits per heavy atom. The summed E-state index contributed by atoms with van der Waals surface area (Å²) in [7, 11) is 0. The van der Waals surface area contributed by atoms with E-state index in [1.165, 1.54) is 11.0 Å². The molecule has 1 aromatic carbocycles. The predicted molar refractivity (Wildman–Crippen MR) is 54.7 cm³/mol. The molecule has 1 N–H and O–H groups in total. The van der Waals surface area contributed by atoms with Crippen LogP contribution in [0.5, 0.6) is 5.75 Å². The first-order valence-electron chi connectivity index (χ1n) is 5.09. The Bertz CT molecular complexity index is 457. The first-order chi connectivity index (χ1) is 7.88. The summed E-state index contributed by atoms with van der Waals surface area (Å²) in [5, 5.41) is 9.27. The molecule has 2 rings (SSSR count). The van der Waals surface area contributed by atoms with Gasteiger partial charge in [0.1, 0.15) is 5.75 Å². The molecule has 0 spiro atoms. The summed E-state index contributed by atoms with van der Waals surface area (Å²) in [5.41, 5.74) is -0.855. The molecule has 3 nitrogen and oxygen atoms in total. The molecule has 1 heterocycles. The number of aromatic hydroxyl groups is 1. The maximum Gasteiger partial charge on any atom is 0.416 e.